The number of alkyl halides is 3. The SMILES string of the molecule is NC(=O)NCc1ccc(CNC(=O)[C@@H](CCCN=C(N)N)NC(=O)Cc2cc(Cl)c(N)c(Cl)c2)cc1.O=C(O)C(F)(F)F. The molecule has 2 rings (SSSR count). The first-order valence-electron chi connectivity index (χ1n) is 12.3. The predicted molar refractivity (Wildman–Crippen MR) is 155 cm³/mol. The van der Waals surface area contributed by atoms with Gasteiger partial charge in [-0.25, -0.2) is 9.59 Å². The van der Waals surface area contributed by atoms with Crippen LogP contribution in [0, 0.1) is 0 Å². The number of amides is 4. The zero-order valence-corrected chi connectivity index (χ0v) is 24.0. The summed E-state index contributed by atoms with van der Waals surface area (Å²) in [7, 11) is 0. The van der Waals surface area contributed by atoms with Gasteiger partial charge in [-0.15, -0.1) is 0 Å². The number of anilines is 1. The molecular weight excluding hydrogens is 620 g/mol. The van der Waals surface area contributed by atoms with E-state index in [-0.39, 0.29) is 46.5 Å². The second kappa shape index (κ2) is 17.5. The van der Waals surface area contributed by atoms with E-state index in [1.807, 2.05) is 24.3 Å². The van der Waals surface area contributed by atoms with Crippen molar-refractivity contribution in [3.05, 3.63) is 63.1 Å². The number of benzene rings is 2. The number of hydrogen-bond acceptors (Lipinski definition) is 6. The van der Waals surface area contributed by atoms with Gasteiger partial charge in [0.05, 0.1) is 22.2 Å². The van der Waals surface area contributed by atoms with Crippen LogP contribution in [0.3, 0.4) is 0 Å². The summed E-state index contributed by atoms with van der Waals surface area (Å²) >= 11 is 12.1. The first-order chi connectivity index (χ1) is 20.0. The molecule has 0 aromatic heterocycles. The molecule has 43 heavy (non-hydrogen) atoms. The number of nitrogens with two attached hydrogens (primary N) is 4. The van der Waals surface area contributed by atoms with E-state index < -0.39 is 24.2 Å². The van der Waals surface area contributed by atoms with E-state index in [0.717, 1.165) is 11.1 Å². The molecule has 0 aliphatic carbocycles. The number of primary amides is 1. The summed E-state index contributed by atoms with van der Waals surface area (Å²) in [5, 5.41) is 15.7. The fraction of sp³-hybridized carbons (Fsp3) is 0.320. The topological polar surface area (TPSA) is 241 Å². The van der Waals surface area contributed by atoms with Crippen molar-refractivity contribution < 1.29 is 37.5 Å². The van der Waals surface area contributed by atoms with Gasteiger partial charge in [0.1, 0.15) is 6.04 Å². The second-order valence-electron chi connectivity index (χ2n) is 8.77. The van der Waals surface area contributed by atoms with Crippen LogP contribution in [-0.2, 0) is 33.9 Å². The Hall–Kier alpha value is -4.44. The number of nitrogens with zero attached hydrogens (tertiary/aromatic N) is 1. The van der Waals surface area contributed by atoms with Crippen LogP contribution in [-0.4, -0.2) is 53.6 Å². The van der Waals surface area contributed by atoms with Gasteiger partial charge in [-0.3, -0.25) is 14.6 Å². The molecule has 4 amide bonds. The van der Waals surface area contributed by atoms with Crippen LogP contribution in [0.1, 0.15) is 29.5 Å². The lowest BCUT2D eigenvalue weighted by Gasteiger charge is -2.19. The van der Waals surface area contributed by atoms with Gasteiger partial charge in [-0.2, -0.15) is 13.2 Å². The van der Waals surface area contributed by atoms with Crippen LogP contribution < -0.4 is 38.9 Å². The molecule has 0 aliphatic heterocycles. The molecule has 2 aromatic rings. The van der Waals surface area contributed by atoms with Gasteiger partial charge in [0.25, 0.3) is 0 Å². The number of halogens is 5. The highest BCUT2D eigenvalue weighted by Crippen LogP contribution is 2.29. The van der Waals surface area contributed by atoms with Crippen LogP contribution in [0.25, 0.3) is 0 Å². The molecule has 0 aliphatic rings. The predicted octanol–water partition coefficient (Wildman–Crippen LogP) is 1.77. The molecular formula is C25H31Cl2F3N8O5. The minimum Gasteiger partial charge on any atom is -0.475 e. The zero-order chi connectivity index (χ0) is 32.7. The number of nitrogen functional groups attached to an aromatic ring is 1. The molecule has 13 nitrogen and oxygen atoms in total. The maximum Gasteiger partial charge on any atom is 0.490 e. The number of guanidine groups is 1. The van der Waals surface area contributed by atoms with E-state index >= 15 is 0 Å². The second-order valence-corrected chi connectivity index (χ2v) is 9.59. The average molecular weight is 651 g/mol. The minimum atomic E-state index is -5.08. The van der Waals surface area contributed by atoms with Crippen LogP contribution >= 0.6 is 23.2 Å². The van der Waals surface area contributed by atoms with Crippen molar-refractivity contribution in [2.75, 3.05) is 12.3 Å². The fourth-order valence-corrected chi connectivity index (χ4v) is 3.75. The Kier molecular flexibility index (Phi) is 14.9. The van der Waals surface area contributed by atoms with Crippen LogP contribution in [0.4, 0.5) is 23.7 Å². The van der Waals surface area contributed by atoms with Gasteiger partial charge in [0.15, 0.2) is 5.96 Å². The van der Waals surface area contributed by atoms with Gasteiger partial charge in [-0.1, -0.05) is 47.5 Å². The number of nitrogens with one attached hydrogen (secondary N) is 3. The molecule has 0 bridgehead atoms. The monoisotopic (exact) mass is 650 g/mol. The highest BCUT2D eigenvalue weighted by Gasteiger charge is 2.38. The minimum absolute atomic E-state index is 0.0435. The number of rotatable bonds is 12. The fourth-order valence-electron chi connectivity index (χ4n) is 3.22. The van der Waals surface area contributed by atoms with E-state index in [1.165, 1.54) is 0 Å². The van der Waals surface area contributed by atoms with E-state index in [2.05, 4.69) is 20.9 Å². The average Bonchev–Trinajstić information content (AvgIpc) is 2.91. The smallest absolute Gasteiger partial charge is 0.475 e. The quantitative estimate of drug-likeness (QED) is 0.0726. The summed E-state index contributed by atoms with van der Waals surface area (Å²) < 4.78 is 31.7. The van der Waals surface area contributed by atoms with Gasteiger partial charge in [0, 0.05) is 19.6 Å². The van der Waals surface area contributed by atoms with E-state index in [9.17, 15) is 27.6 Å². The first-order valence-corrected chi connectivity index (χ1v) is 13.0. The summed E-state index contributed by atoms with van der Waals surface area (Å²) in [4.78, 5) is 49.2. The first kappa shape index (κ1) is 36.6. The molecule has 0 fully saturated rings. The van der Waals surface area contributed by atoms with Crippen LogP contribution in [0.5, 0.6) is 0 Å². The maximum atomic E-state index is 12.9. The Morgan fingerprint density at radius 1 is 0.907 bits per heavy atom. The van der Waals surface area contributed by atoms with Crippen molar-refractivity contribution >= 4 is 58.7 Å². The zero-order valence-electron chi connectivity index (χ0n) is 22.5. The summed E-state index contributed by atoms with van der Waals surface area (Å²) in [5.41, 5.74) is 24.0. The Morgan fingerprint density at radius 2 is 1.40 bits per heavy atom. The van der Waals surface area contributed by atoms with E-state index in [4.69, 9.17) is 56.0 Å². The normalized spacial score (nSPS) is 11.3. The molecule has 2 aromatic carbocycles. The summed E-state index contributed by atoms with van der Waals surface area (Å²) in [6.45, 7) is 0.855. The van der Waals surface area contributed by atoms with Gasteiger partial charge < -0.3 is 44.0 Å². The lowest BCUT2D eigenvalue weighted by atomic mass is 10.1. The number of carboxylic acid groups (broad SMARTS) is 1. The van der Waals surface area contributed by atoms with Crippen LogP contribution in [0.15, 0.2) is 41.4 Å². The van der Waals surface area contributed by atoms with Gasteiger partial charge in [-0.05, 0) is 41.7 Å². The Morgan fingerprint density at radius 3 is 1.84 bits per heavy atom. The van der Waals surface area contributed by atoms with E-state index in [0.29, 0.717) is 31.5 Å². The highest BCUT2D eigenvalue weighted by molar-refractivity contribution is 6.38. The van der Waals surface area contributed by atoms with Gasteiger partial charge >= 0.3 is 18.2 Å². The van der Waals surface area contributed by atoms with Crippen molar-refractivity contribution in [1.82, 2.24) is 16.0 Å². The Labute approximate surface area is 254 Å². The molecule has 0 radical (unpaired) electrons. The maximum absolute atomic E-state index is 12.9. The molecule has 0 unspecified atom stereocenters. The van der Waals surface area contributed by atoms with Crippen molar-refractivity contribution in [2.24, 2.45) is 22.2 Å². The van der Waals surface area contributed by atoms with Crippen molar-refractivity contribution in [2.45, 2.75) is 44.6 Å². The Bertz CT molecular complexity index is 1280. The van der Waals surface area contributed by atoms with Gasteiger partial charge in [0.2, 0.25) is 11.8 Å². The van der Waals surface area contributed by atoms with Crippen LogP contribution in [0.2, 0.25) is 10.0 Å². The third-order valence-electron chi connectivity index (χ3n) is 5.30. The molecule has 0 spiro atoms. The highest BCUT2D eigenvalue weighted by atomic mass is 35.5. The standard InChI is InChI=1S/C23H30Cl2N8O3.C2HF3O2/c24-16-8-15(9-17(25)20(16)26)10-19(34)33-18(2-1-7-30-22(27)28)21(35)31-11-13-3-5-14(6-4-13)12-32-23(29)36;3-2(4,5)1(6)7/h3-6,8-9,18H,1-2,7,10-12,26H2,(H,31,35)(H,33,34)(H4,27,28,30)(H3,29,32,36);(H,6,7)/t18-;/m1./s1. The number of hydrogen-bond donors (Lipinski definition) is 8. The summed E-state index contributed by atoms with van der Waals surface area (Å²) in [6, 6.07) is 8.95. The number of aliphatic carboxylic acids is 1. The van der Waals surface area contributed by atoms with Crippen molar-refractivity contribution in [1.29, 1.82) is 0 Å². The third-order valence-corrected chi connectivity index (χ3v) is 5.92. The molecule has 1 atom stereocenters. The molecule has 236 valence electrons. The lowest BCUT2D eigenvalue weighted by Crippen LogP contribution is -2.47. The molecule has 0 saturated carbocycles. The molecule has 18 heteroatoms. The largest absolute Gasteiger partial charge is 0.490 e. The van der Waals surface area contributed by atoms with Crippen molar-refractivity contribution in [3.63, 3.8) is 0 Å². The van der Waals surface area contributed by atoms with Crippen molar-refractivity contribution in [3.8, 4) is 0 Å². The Balaban J connectivity index is 0.00000117. The summed E-state index contributed by atoms with van der Waals surface area (Å²) in [5.74, 6) is -3.56. The third kappa shape index (κ3) is 14.8. The molecule has 0 heterocycles. The molecule has 12 N–H and O–H groups in total. The summed E-state index contributed by atoms with van der Waals surface area (Å²) in [6.07, 6.45) is -4.34. The number of carbonyl (C=O) groups is 4. The number of carboxylic acids is 1. The number of aliphatic imine (C=N–C) groups is 1. The number of carbonyl (C=O) groups excluding carboxylic acids is 3. The van der Waals surface area contributed by atoms with E-state index in [1.54, 1.807) is 12.1 Å². The lowest BCUT2D eigenvalue weighted by molar-refractivity contribution is -0.192. The molecule has 0 saturated heterocycles. The number of urea groups is 1.